The lowest BCUT2D eigenvalue weighted by molar-refractivity contribution is 0.211. The second-order valence-electron chi connectivity index (χ2n) is 3.80. The maximum Gasteiger partial charge on any atom is 0.144 e. The minimum absolute atomic E-state index is 0.134. The van der Waals surface area contributed by atoms with Gasteiger partial charge in [0.25, 0.3) is 0 Å². The van der Waals surface area contributed by atoms with Gasteiger partial charge >= 0.3 is 0 Å². The molecule has 0 saturated carbocycles. The zero-order chi connectivity index (χ0) is 10.9. The van der Waals surface area contributed by atoms with E-state index in [0.29, 0.717) is 0 Å². The molecule has 4 heteroatoms. The van der Waals surface area contributed by atoms with Gasteiger partial charge in [-0.3, -0.25) is 0 Å². The molecular weight excluding hydrogens is 251 g/mol. The molecule has 0 aliphatic rings. The van der Waals surface area contributed by atoms with E-state index in [1.807, 2.05) is 0 Å². The van der Waals surface area contributed by atoms with E-state index in [0.717, 1.165) is 0 Å². The normalized spacial score (nSPS) is 11.8. The third-order valence-corrected chi connectivity index (χ3v) is 2.76. The quantitative estimate of drug-likeness (QED) is 0.860. The van der Waals surface area contributed by atoms with Crippen molar-refractivity contribution in [3.8, 4) is 5.75 Å². The number of aromatic hydroxyl groups is 1. The summed E-state index contributed by atoms with van der Waals surface area (Å²) in [6.45, 7) is 3.10. The Morgan fingerprint density at radius 3 is 2.50 bits per heavy atom. The van der Waals surface area contributed by atoms with E-state index in [-0.39, 0.29) is 22.4 Å². The van der Waals surface area contributed by atoms with Gasteiger partial charge in [-0.15, -0.1) is 0 Å². The van der Waals surface area contributed by atoms with Crippen LogP contribution in [0.3, 0.4) is 0 Å². The predicted octanol–water partition coefficient (Wildman–Crippen LogP) is 2.56. The Balaban J connectivity index is 3.40. The summed E-state index contributed by atoms with van der Waals surface area (Å²) in [5, 5.41) is 18.6. The number of aliphatic hydroxyl groups is 1. The fourth-order valence-electron chi connectivity index (χ4n) is 1.26. The molecule has 2 nitrogen and oxygen atoms in total. The highest BCUT2D eigenvalue weighted by Gasteiger charge is 2.27. The molecule has 78 valence electrons. The molecule has 2 N–H and O–H groups in total. The van der Waals surface area contributed by atoms with Crippen molar-refractivity contribution in [2.45, 2.75) is 19.3 Å². The fraction of sp³-hybridized carbons (Fsp3) is 0.400. The molecule has 0 heterocycles. The molecule has 0 aliphatic carbocycles. The molecule has 14 heavy (non-hydrogen) atoms. The van der Waals surface area contributed by atoms with E-state index in [9.17, 15) is 9.50 Å². The molecule has 0 amide bonds. The van der Waals surface area contributed by atoms with Crippen LogP contribution < -0.4 is 0 Å². The molecule has 0 bridgehead atoms. The fourth-order valence-corrected chi connectivity index (χ4v) is 1.59. The lowest BCUT2D eigenvalue weighted by atomic mass is 9.84. The molecule has 1 aromatic rings. The summed E-state index contributed by atoms with van der Waals surface area (Å²) in [5.74, 6) is -0.659. The Bertz CT molecular complexity index is 350. The van der Waals surface area contributed by atoms with Gasteiger partial charge in [0.2, 0.25) is 0 Å². The van der Waals surface area contributed by atoms with Crippen LogP contribution in [0.1, 0.15) is 19.4 Å². The number of hydrogen-bond donors (Lipinski definition) is 2. The van der Waals surface area contributed by atoms with Crippen LogP contribution in [0.15, 0.2) is 16.6 Å². The third kappa shape index (κ3) is 1.91. The van der Waals surface area contributed by atoms with Crippen LogP contribution in [0.5, 0.6) is 5.75 Å². The largest absolute Gasteiger partial charge is 0.508 e. The van der Waals surface area contributed by atoms with Crippen molar-refractivity contribution < 1.29 is 14.6 Å². The Labute approximate surface area is 90.5 Å². The summed E-state index contributed by atoms with van der Waals surface area (Å²) in [6, 6.07) is 2.83. The molecular formula is C10H12BrFO2. The third-order valence-electron chi connectivity index (χ3n) is 2.14. The van der Waals surface area contributed by atoms with Gasteiger partial charge in [-0.2, -0.15) is 0 Å². The van der Waals surface area contributed by atoms with Crippen LogP contribution in [-0.2, 0) is 5.41 Å². The maximum absolute atomic E-state index is 13.6. The first-order valence-electron chi connectivity index (χ1n) is 4.18. The molecule has 0 aromatic heterocycles. The molecule has 0 fully saturated rings. The van der Waals surface area contributed by atoms with E-state index in [4.69, 9.17) is 5.11 Å². The van der Waals surface area contributed by atoms with Gasteiger partial charge in [-0.1, -0.05) is 13.8 Å². The molecule has 1 rings (SSSR count). The summed E-state index contributed by atoms with van der Waals surface area (Å²) in [5.41, 5.74) is -0.660. The van der Waals surface area contributed by atoms with Gasteiger partial charge in [0, 0.05) is 11.0 Å². The van der Waals surface area contributed by atoms with Crippen molar-refractivity contribution >= 4 is 15.9 Å². The average molecular weight is 263 g/mol. The Morgan fingerprint density at radius 2 is 2.00 bits per heavy atom. The van der Waals surface area contributed by atoms with E-state index < -0.39 is 11.2 Å². The monoisotopic (exact) mass is 262 g/mol. The Morgan fingerprint density at radius 1 is 1.43 bits per heavy atom. The number of phenolic OH excluding ortho intramolecular Hbond substituents is 1. The van der Waals surface area contributed by atoms with Gasteiger partial charge in [-0.25, -0.2) is 4.39 Å². The van der Waals surface area contributed by atoms with Gasteiger partial charge in [0.05, 0.1) is 11.1 Å². The van der Waals surface area contributed by atoms with Gasteiger partial charge in [-0.05, 0) is 28.1 Å². The summed E-state index contributed by atoms with van der Waals surface area (Å²) in [4.78, 5) is 0. The van der Waals surface area contributed by atoms with Crippen LogP contribution in [0.4, 0.5) is 4.39 Å². The van der Waals surface area contributed by atoms with Gasteiger partial charge in [0.15, 0.2) is 0 Å². The number of rotatable bonds is 2. The lowest BCUT2D eigenvalue weighted by Crippen LogP contribution is -2.24. The predicted molar refractivity (Wildman–Crippen MR) is 55.9 cm³/mol. The number of aliphatic hydroxyl groups excluding tert-OH is 1. The summed E-state index contributed by atoms with van der Waals surface area (Å²) in [7, 11) is 0. The van der Waals surface area contributed by atoms with E-state index in [2.05, 4.69) is 15.9 Å². The number of benzene rings is 1. The average Bonchev–Trinajstić information content (AvgIpc) is 2.12. The van der Waals surface area contributed by atoms with Crippen molar-refractivity contribution in [1.29, 1.82) is 0 Å². The molecule has 0 atom stereocenters. The Kier molecular flexibility index (Phi) is 3.17. The number of phenols is 1. The van der Waals surface area contributed by atoms with Crippen LogP contribution in [0, 0.1) is 5.82 Å². The van der Waals surface area contributed by atoms with Crippen LogP contribution in [0.25, 0.3) is 0 Å². The Hall–Kier alpha value is -0.610. The second-order valence-corrected chi connectivity index (χ2v) is 4.65. The summed E-state index contributed by atoms with van der Waals surface area (Å²) in [6.07, 6.45) is 0. The highest BCUT2D eigenvalue weighted by atomic mass is 79.9. The van der Waals surface area contributed by atoms with Crippen molar-refractivity contribution in [3.05, 3.63) is 28.0 Å². The van der Waals surface area contributed by atoms with E-state index in [1.165, 1.54) is 12.1 Å². The van der Waals surface area contributed by atoms with Crippen molar-refractivity contribution in [2.75, 3.05) is 6.61 Å². The topological polar surface area (TPSA) is 40.5 Å². The van der Waals surface area contributed by atoms with Crippen molar-refractivity contribution in [3.63, 3.8) is 0 Å². The SMILES string of the molecule is CC(C)(CO)c1c(O)ccc(Br)c1F. The van der Waals surface area contributed by atoms with Gasteiger partial charge in [0.1, 0.15) is 11.6 Å². The molecule has 1 aromatic carbocycles. The van der Waals surface area contributed by atoms with E-state index in [1.54, 1.807) is 13.8 Å². The lowest BCUT2D eigenvalue weighted by Gasteiger charge is -2.24. The van der Waals surface area contributed by atoms with Crippen LogP contribution >= 0.6 is 15.9 Å². The highest BCUT2D eigenvalue weighted by molar-refractivity contribution is 9.10. The summed E-state index contributed by atoms with van der Waals surface area (Å²) < 4.78 is 13.9. The van der Waals surface area contributed by atoms with Crippen LogP contribution in [-0.4, -0.2) is 16.8 Å². The molecule has 0 saturated heterocycles. The second kappa shape index (κ2) is 3.87. The minimum Gasteiger partial charge on any atom is -0.508 e. The first-order chi connectivity index (χ1) is 6.40. The van der Waals surface area contributed by atoms with Crippen molar-refractivity contribution in [2.24, 2.45) is 0 Å². The zero-order valence-electron chi connectivity index (χ0n) is 8.01. The molecule has 0 aliphatic heterocycles. The van der Waals surface area contributed by atoms with Gasteiger partial charge < -0.3 is 10.2 Å². The number of hydrogen-bond acceptors (Lipinski definition) is 2. The standard InChI is InChI=1S/C10H12BrFO2/c1-10(2,5-13)8-7(14)4-3-6(11)9(8)12/h3-4,13-14H,5H2,1-2H3. The minimum atomic E-state index is -0.794. The van der Waals surface area contributed by atoms with Crippen LogP contribution in [0.2, 0.25) is 0 Å². The summed E-state index contributed by atoms with van der Waals surface area (Å²) >= 11 is 3.03. The molecule has 0 unspecified atom stereocenters. The molecule has 0 spiro atoms. The first-order valence-corrected chi connectivity index (χ1v) is 4.98. The number of halogens is 2. The van der Waals surface area contributed by atoms with Crippen molar-refractivity contribution in [1.82, 2.24) is 0 Å². The van der Waals surface area contributed by atoms with E-state index >= 15 is 0 Å². The molecule has 0 radical (unpaired) electrons. The highest BCUT2D eigenvalue weighted by Crippen LogP contribution is 2.35. The maximum atomic E-state index is 13.6. The smallest absolute Gasteiger partial charge is 0.144 e. The zero-order valence-corrected chi connectivity index (χ0v) is 9.60. The first kappa shape index (κ1) is 11.5.